The zero-order valence-corrected chi connectivity index (χ0v) is 9.10. The van der Waals surface area contributed by atoms with E-state index in [0.29, 0.717) is 0 Å². The Labute approximate surface area is 98.6 Å². The summed E-state index contributed by atoms with van der Waals surface area (Å²) in [6, 6.07) is 14.5. The van der Waals surface area contributed by atoms with Gasteiger partial charge in [0.1, 0.15) is 5.82 Å². The van der Waals surface area contributed by atoms with Crippen LogP contribution in [-0.2, 0) is 0 Å². The highest BCUT2D eigenvalue weighted by atomic mass is 19.1. The van der Waals surface area contributed by atoms with E-state index in [0.717, 1.165) is 21.9 Å². The van der Waals surface area contributed by atoms with Gasteiger partial charge in [0.15, 0.2) is 0 Å². The minimum Gasteiger partial charge on any atom is -0.263 e. The van der Waals surface area contributed by atoms with Gasteiger partial charge in [-0.1, -0.05) is 36.4 Å². The van der Waals surface area contributed by atoms with E-state index >= 15 is 0 Å². The van der Waals surface area contributed by atoms with Crippen LogP contribution in [0.1, 0.15) is 0 Å². The third-order valence-electron chi connectivity index (χ3n) is 2.82. The molecule has 0 aliphatic heterocycles. The van der Waals surface area contributed by atoms with E-state index in [4.69, 9.17) is 0 Å². The van der Waals surface area contributed by atoms with Gasteiger partial charge in [0.25, 0.3) is 0 Å². The molecule has 0 N–H and O–H groups in total. The van der Waals surface area contributed by atoms with Gasteiger partial charge in [0.2, 0.25) is 0 Å². The molecule has 0 atom stereocenters. The van der Waals surface area contributed by atoms with Crippen LogP contribution in [0.15, 0.2) is 60.9 Å². The van der Waals surface area contributed by atoms with Gasteiger partial charge in [-0.15, -0.1) is 0 Å². The smallest absolute Gasteiger partial charge is 0.123 e. The largest absolute Gasteiger partial charge is 0.263 e. The SMILES string of the molecule is Fc1ccc(-c2cncc3ccccc23)cc1. The molecule has 0 radical (unpaired) electrons. The topological polar surface area (TPSA) is 12.9 Å². The van der Waals surface area contributed by atoms with Crippen molar-refractivity contribution in [1.29, 1.82) is 0 Å². The predicted octanol–water partition coefficient (Wildman–Crippen LogP) is 4.04. The van der Waals surface area contributed by atoms with Gasteiger partial charge in [-0.25, -0.2) is 4.39 Å². The summed E-state index contributed by atoms with van der Waals surface area (Å²) in [7, 11) is 0. The third-order valence-corrected chi connectivity index (χ3v) is 2.82. The Kier molecular flexibility index (Phi) is 2.33. The molecule has 0 saturated carbocycles. The van der Waals surface area contributed by atoms with E-state index in [9.17, 15) is 4.39 Å². The molecule has 0 amide bonds. The van der Waals surface area contributed by atoms with Crippen LogP contribution in [0.25, 0.3) is 21.9 Å². The molecule has 0 spiro atoms. The highest BCUT2D eigenvalue weighted by Gasteiger charge is 2.03. The summed E-state index contributed by atoms with van der Waals surface area (Å²) in [6.07, 6.45) is 3.65. The lowest BCUT2D eigenvalue weighted by molar-refractivity contribution is 0.628. The van der Waals surface area contributed by atoms with Gasteiger partial charge in [-0.2, -0.15) is 0 Å². The number of fused-ring (bicyclic) bond motifs is 1. The normalized spacial score (nSPS) is 10.6. The zero-order valence-electron chi connectivity index (χ0n) is 9.10. The third kappa shape index (κ3) is 1.78. The fraction of sp³-hybridized carbons (Fsp3) is 0. The molecule has 1 nitrogen and oxygen atoms in total. The summed E-state index contributed by atoms with van der Waals surface area (Å²) in [4.78, 5) is 4.22. The van der Waals surface area contributed by atoms with E-state index in [1.165, 1.54) is 12.1 Å². The van der Waals surface area contributed by atoms with Gasteiger partial charge in [0.05, 0.1) is 0 Å². The van der Waals surface area contributed by atoms with Gasteiger partial charge in [-0.3, -0.25) is 4.98 Å². The molecule has 17 heavy (non-hydrogen) atoms. The highest BCUT2D eigenvalue weighted by molar-refractivity contribution is 5.95. The average molecular weight is 223 g/mol. The van der Waals surface area contributed by atoms with E-state index in [1.54, 1.807) is 12.1 Å². The van der Waals surface area contributed by atoms with Crippen molar-refractivity contribution in [3.63, 3.8) is 0 Å². The second-order valence-electron chi connectivity index (χ2n) is 3.92. The number of benzene rings is 2. The number of aromatic nitrogens is 1. The Morgan fingerprint density at radius 3 is 2.41 bits per heavy atom. The maximum Gasteiger partial charge on any atom is 0.123 e. The van der Waals surface area contributed by atoms with Gasteiger partial charge < -0.3 is 0 Å². The fourth-order valence-electron chi connectivity index (χ4n) is 1.98. The molecule has 0 aliphatic carbocycles. The van der Waals surface area contributed by atoms with E-state index < -0.39 is 0 Å². The second kappa shape index (κ2) is 3.98. The molecule has 82 valence electrons. The number of hydrogen-bond donors (Lipinski definition) is 0. The monoisotopic (exact) mass is 223 g/mol. The average Bonchev–Trinajstić information content (AvgIpc) is 2.39. The minimum atomic E-state index is -0.220. The van der Waals surface area contributed by atoms with E-state index in [2.05, 4.69) is 11.1 Å². The number of hydrogen-bond acceptors (Lipinski definition) is 1. The first-order chi connectivity index (χ1) is 8.34. The molecule has 3 aromatic rings. The van der Waals surface area contributed by atoms with Crippen molar-refractivity contribution in [2.45, 2.75) is 0 Å². The van der Waals surface area contributed by atoms with Gasteiger partial charge in [0, 0.05) is 23.3 Å². The van der Waals surface area contributed by atoms with Crippen molar-refractivity contribution in [1.82, 2.24) is 4.98 Å². The van der Waals surface area contributed by atoms with Crippen molar-refractivity contribution >= 4 is 10.8 Å². The maximum absolute atomic E-state index is 12.9. The minimum absolute atomic E-state index is 0.220. The van der Waals surface area contributed by atoms with E-state index in [-0.39, 0.29) is 5.82 Å². The van der Waals surface area contributed by atoms with Crippen molar-refractivity contribution in [3.05, 3.63) is 66.7 Å². The molecule has 3 rings (SSSR count). The Morgan fingerprint density at radius 2 is 1.59 bits per heavy atom. The summed E-state index contributed by atoms with van der Waals surface area (Å²) in [5.74, 6) is -0.220. The van der Waals surface area contributed by atoms with Crippen LogP contribution in [0.5, 0.6) is 0 Å². The molecule has 0 aliphatic rings. The molecule has 0 bridgehead atoms. The van der Waals surface area contributed by atoms with Crippen LogP contribution in [0.4, 0.5) is 4.39 Å². The lowest BCUT2D eigenvalue weighted by atomic mass is 10.0. The van der Waals surface area contributed by atoms with Crippen LogP contribution in [-0.4, -0.2) is 4.98 Å². The quantitative estimate of drug-likeness (QED) is 0.606. The highest BCUT2D eigenvalue weighted by Crippen LogP contribution is 2.27. The number of rotatable bonds is 1. The van der Waals surface area contributed by atoms with Crippen LogP contribution in [0.3, 0.4) is 0 Å². The molecule has 1 aromatic heterocycles. The molecule has 0 saturated heterocycles. The van der Waals surface area contributed by atoms with Crippen molar-refractivity contribution < 1.29 is 4.39 Å². The first-order valence-electron chi connectivity index (χ1n) is 5.43. The van der Waals surface area contributed by atoms with Crippen molar-refractivity contribution in [2.75, 3.05) is 0 Å². The van der Waals surface area contributed by atoms with E-state index in [1.807, 2.05) is 30.6 Å². The molecular weight excluding hydrogens is 213 g/mol. The summed E-state index contributed by atoms with van der Waals surface area (Å²) < 4.78 is 12.9. The van der Waals surface area contributed by atoms with Gasteiger partial charge >= 0.3 is 0 Å². The van der Waals surface area contributed by atoms with Crippen LogP contribution in [0, 0.1) is 5.82 Å². The number of pyridine rings is 1. The zero-order chi connectivity index (χ0) is 11.7. The first-order valence-corrected chi connectivity index (χ1v) is 5.43. The standard InChI is InChI=1S/C15H10FN/c16-13-7-5-11(6-8-13)15-10-17-9-12-3-1-2-4-14(12)15/h1-10H. The molecule has 2 aromatic carbocycles. The van der Waals surface area contributed by atoms with Crippen LogP contribution >= 0.6 is 0 Å². The van der Waals surface area contributed by atoms with Crippen LogP contribution < -0.4 is 0 Å². The Balaban J connectivity index is 2.27. The molecule has 0 unspecified atom stereocenters. The maximum atomic E-state index is 12.9. The summed E-state index contributed by atoms with van der Waals surface area (Å²) >= 11 is 0. The Morgan fingerprint density at radius 1 is 0.824 bits per heavy atom. The number of halogens is 1. The van der Waals surface area contributed by atoms with Crippen LogP contribution in [0.2, 0.25) is 0 Å². The first kappa shape index (κ1) is 9.97. The van der Waals surface area contributed by atoms with Crippen molar-refractivity contribution in [2.24, 2.45) is 0 Å². The van der Waals surface area contributed by atoms with Crippen molar-refractivity contribution in [3.8, 4) is 11.1 Å². The Hall–Kier alpha value is -2.22. The summed E-state index contributed by atoms with van der Waals surface area (Å²) in [5.41, 5.74) is 2.01. The summed E-state index contributed by atoms with van der Waals surface area (Å²) in [6.45, 7) is 0. The Bertz CT molecular complexity index is 654. The molecular formula is C15H10FN. The predicted molar refractivity (Wildman–Crippen MR) is 67.1 cm³/mol. The molecule has 2 heteroatoms. The molecule has 1 heterocycles. The fourth-order valence-corrected chi connectivity index (χ4v) is 1.98. The lowest BCUT2D eigenvalue weighted by Crippen LogP contribution is -1.84. The van der Waals surface area contributed by atoms with Gasteiger partial charge in [-0.05, 0) is 23.1 Å². The lowest BCUT2D eigenvalue weighted by Gasteiger charge is -2.05. The molecule has 0 fully saturated rings. The number of nitrogens with zero attached hydrogens (tertiary/aromatic N) is 1. The second-order valence-corrected chi connectivity index (χ2v) is 3.92. The summed E-state index contributed by atoms with van der Waals surface area (Å²) in [5, 5.41) is 2.23.